The molecule has 0 saturated carbocycles. The molecule has 0 unspecified atom stereocenters. The summed E-state index contributed by atoms with van der Waals surface area (Å²) < 4.78 is 13.0. The van der Waals surface area contributed by atoms with Gasteiger partial charge < -0.3 is 10.6 Å². The van der Waals surface area contributed by atoms with Gasteiger partial charge in [-0.05, 0) is 56.2 Å². The Labute approximate surface area is 140 Å². The fourth-order valence-electron chi connectivity index (χ4n) is 2.49. The third-order valence-electron chi connectivity index (χ3n) is 3.69. The fraction of sp³-hybridized carbons (Fsp3) is 0.158. The van der Waals surface area contributed by atoms with Crippen molar-refractivity contribution >= 4 is 23.1 Å². The summed E-state index contributed by atoms with van der Waals surface area (Å²) in [6.07, 6.45) is 0. The molecule has 0 aliphatic carbocycles. The number of nitrogens with zero attached hydrogens (tertiary/aromatic N) is 2. The molecule has 5 heteroatoms. The minimum Gasteiger partial charge on any atom is -0.340 e. The van der Waals surface area contributed by atoms with E-state index < -0.39 is 0 Å². The lowest BCUT2D eigenvalue weighted by atomic mass is 10.1. The van der Waals surface area contributed by atoms with Crippen LogP contribution in [0.5, 0.6) is 0 Å². The molecule has 0 spiro atoms. The SMILES string of the molecule is Cc1cc(Nc2c(C)cccc2C)nc(Nc2ccc(F)cc2)n1. The van der Waals surface area contributed by atoms with Gasteiger partial charge in [0.15, 0.2) is 0 Å². The smallest absolute Gasteiger partial charge is 0.229 e. The van der Waals surface area contributed by atoms with E-state index in [1.54, 1.807) is 12.1 Å². The topological polar surface area (TPSA) is 49.8 Å². The molecule has 0 amide bonds. The summed E-state index contributed by atoms with van der Waals surface area (Å²) in [5, 5.41) is 6.46. The molecule has 122 valence electrons. The first-order valence-corrected chi connectivity index (χ1v) is 7.73. The van der Waals surface area contributed by atoms with Crippen molar-refractivity contribution in [2.75, 3.05) is 10.6 Å². The summed E-state index contributed by atoms with van der Waals surface area (Å²) in [6.45, 7) is 6.02. The molecular weight excluding hydrogens is 303 g/mol. The van der Waals surface area contributed by atoms with Crippen LogP contribution in [0.25, 0.3) is 0 Å². The van der Waals surface area contributed by atoms with Crippen molar-refractivity contribution in [1.29, 1.82) is 0 Å². The van der Waals surface area contributed by atoms with Crippen LogP contribution in [0, 0.1) is 26.6 Å². The lowest BCUT2D eigenvalue weighted by Crippen LogP contribution is -2.04. The van der Waals surface area contributed by atoms with Crippen LogP contribution in [0.3, 0.4) is 0 Å². The summed E-state index contributed by atoms with van der Waals surface area (Å²) in [6, 6.07) is 14.1. The van der Waals surface area contributed by atoms with Crippen LogP contribution in [0.4, 0.5) is 27.5 Å². The highest BCUT2D eigenvalue weighted by atomic mass is 19.1. The molecule has 0 atom stereocenters. The Balaban J connectivity index is 1.87. The molecule has 2 aromatic carbocycles. The highest BCUT2D eigenvalue weighted by Gasteiger charge is 2.07. The Bertz CT molecular complexity index is 839. The number of nitrogens with one attached hydrogen (secondary N) is 2. The lowest BCUT2D eigenvalue weighted by molar-refractivity contribution is 0.628. The average Bonchev–Trinajstić information content (AvgIpc) is 2.53. The third-order valence-corrected chi connectivity index (χ3v) is 3.69. The molecule has 3 aromatic rings. The zero-order chi connectivity index (χ0) is 17.1. The van der Waals surface area contributed by atoms with E-state index in [2.05, 4.69) is 46.6 Å². The molecule has 2 N–H and O–H groups in total. The summed E-state index contributed by atoms with van der Waals surface area (Å²) in [5.74, 6) is 0.906. The molecule has 1 heterocycles. The molecule has 24 heavy (non-hydrogen) atoms. The van der Waals surface area contributed by atoms with Crippen molar-refractivity contribution in [3.63, 3.8) is 0 Å². The summed E-state index contributed by atoms with van der Waals surface area (Å²) in [4.78, 5) is 8.88. The number of aryl methyl sites for hydroxylation is 3. The van der Waals surface area contributed by atoms with E-state index in [4.69, 9.17) is 0 Å². The molecule has 0 saturated heterocycles. The van der Waals surface area contributed by atoms with Gasteiger partial charge in [-0.15, -0.1) is 0 Å². The average molecular weight is 322 g/mol. The summed E-state index contributed by atoms with van der Waals surface area (Å²) in [5.41, 5.74) is 4.92. The summed E-state index contributed by atoms with van der Waals surface area (Å²) >= 11 is 0. The molecular formula is C19H19FN4. The number of aromatic nitrogens is 2. The standard InChI is InChI=1S/C19H19FN4/c1-12-5-4-6-13(2)18(12)23-17-11-14(3)21-19(24-17)22-16-9-7-15(20)8-10-16/h4-11H,1-3H3,(H2,21,22,23,24). The van der Waals surface area contributed by atoms with Crippen LogP contribution >= 0.6 is 0 Å². The molecule has 3 rings (SSSR count). The van der Waals surface area contributed by atoms with Crippen molar-refractivity contribution in [2.24, 2.45) is 0 Å². The second-order valence-corrected chi connectivity index (χ2v) is 5.74. The number of rotatable bonds is 4. The third kappa shape index (κ3) is 3.68. The van der Waals surface area contributed by atoms with Gasteiger partial charge in [0.1, 0.15) is 11.6 Å². The number of para-hydroxylation sites is 1. The number of halogens is 1. The lowest BCUT2D eigenvalue weighted by Gasteiger charge is -2.13. The number of hydrogen-bond donors (Lipinski definition) is 2. The van der Waals surface area contributed by atoms with Crippen LogP contribution in [-0.2, 0) is 0 Å². The van der Waals surface area contributed by atoms with Crippen LogP contribution in [0.1, 0.15) is 16.8 Å². The Morgan fingerprint density at radius 2 is 1.50 bits per heavy atom. The molecule has 0 radical (unpaired) electrons. The van der Waals surface area contributed by atoms with Crippen LogP contribution in [0.15, 0.2) is 48.5 Å². The minimum absolute atomic E-state index is 0.275. The van der Waals surface area contributed by atoms with Crippen LogP contribution < -0.4 is 10.6 Å². The minimum atomic E-state index is -0.275. The van der Waals surface area contributed by atoms with E-state index in [0.29, 0.717) is 11.8 Å². The summed E-state index contributed by atoms with van der Waals surface area (Å²) in [7, 11) is 0. The maximum Gasteiger partial charge on any atom is 0.229 e. The highest BCUT2D eigenvalue weighted by molar-refractivity contribution is 5.65. The first kappa shape index (κ1) is 15.9. The van der Waals surface area contributed by atoms with Crippen LogP contribution in [-0.4, -0.2) is 9.97 Å². The molecule has 4 nitrogen and oxygen atoms in total. The van der Waals surface area contributed by atoms with Gasteiger partial charge in [-0.25, -0.2) is 9.37 Å². The first-order valence-electron chi connectivity index (χ1n) is 7.73. The predicted octanol–water partition coefficient (Wildman–Crippen LogP) is 5.03. The van der Waals surface area contributed by atoms with Gasteiger partial charge in [0.05, 0.1) is 0 Å². The molecule has 0 fully saturated rings. The molecule has 0 bridgehead atoms. The number of anilines is 4. The van der Waals surface area contributed by atoms with E-state index in [0.717, 1.165) is 28.2 Å². The zero-order valence-electron chi connectivity index (χ0n) is 13.9. The number of benzene rings is 2. The van der Waals surface area contributed by atoms with Crippen molar-refractivity contribution in [3.05, 3.63) is 71.2 Å². The molecule has 1 aromatic heterocycles. The monoisotopic (exact) mass is 322 g/mol. The Hall–Kier alpha value is -2.95. The van der Waals surface area contributed by atoms with Crippen molar-refractivity contribution in [2.45, 2.75) is 20.8 Å². The predicted molar refractivity (Wildman–Crippen MR) is 95.7 cm³/mol. The quantitative estimate of drug-likeness (QED) is 0.707. The Kier molecular flexibility index (Phi) is 4.42. The van der Waals surface area contributed by atoms with Crippen molar-refractivity contribution in [1.82, 2.24) is 9.97 Å². The first-order chi connectivity index (χ1) is 11.5. The van der Waals surface area contributed by atoms with Gasteiger partial charge >= 0.3 is 0 Å². The normalized spacial score (nSPS) is 10.5. The zero-order valence-corrected chi connectivity index (χ0v) is 13.9. The largest absolute Gasteiger partial charge is 0.340 e. The maximum atomic E-state index is 13.0. The molecule has 0 aliphatic rings. The molecule has 0 aliphatic heterocycles. The van der Waals surface area contributed by atoms with Crippen molar-refractivity contribution < 1.29 is 4.39 Å². The van der Waals surface area contributed by atoms with E-state index in [-0.39, 0.29) is 5.82 Å². The Morgan fingerprint density at radius 3 is 2.17 bits per heavy atom. The van der Waals surface area contributed by atoms with E-state index in [1.165, 1.54) is 12.1 Å². The fourth-order valence-corrected chi connectivity index (χ4v) is 2.49. The second kappa shape index (κ2) is 6.66. The van der Waals surface area contributed by atoms with Gasteiger partial charge in [-0.2, -0.15) is 4.98 Å². The Morgan fingerprint density at radius 1 is 0.833 bits per heavy atom. The van der Waals surface area contributed by atoms with E-state index >= 15 is 0 Å². The van der Waals surface area contributed by atoms with Crippen LogP contribution in [0.2, 0.25) is 0 Å². The van der Waals surface area contributed by atoms with E-state index in [9.17, 15) is 4.39 Å². The van der Waals surface area contributed by atoms with Crippen molar-refractivity contribution in [3.8, 4) is 0 Å². The van der Waals surface area contributed by atoms with Gasteiger partial charge in [0.2, 0.25) is 5.95 Å². The van der Waals surface area contributed by atoms with Gasteiger partial charge in [0.25, 0.3) is 0 Å². The van der Waals surface area contributed by atoms with Gasteiger partial charge in [0, 0.05) is 23.1 Å². The maximum absolute atomic E-state index is 13.0. The highest BCUT2D eigenvalue weighted by Crippen LogP contribution is 2.24. The number of hydrogen-bond acceptors (Lipinski definition) is 4. The van der Waals surface area contributed by atoms with Gasteiger partial charge in [-0.3, -0.25) is 0 Å². The second-order valence-electron chi connectivity index (χ2n) is 5.74. The van der Waals surface area contributed by atoms with Gasteiger partial charge in [-0.1, -0.05) is 18.2 Å². The van der Waals surface area contributed by atoms with E-state index in [1.807, 2.05) is 19.1 Å².